The monoisotopic (exact) mass is 265 g/mol. The van der Waals surface area contributed by atoms with Crippen molar-refractivity contribution in [2.45, 2.75) is 26.2 Å². The van der Waals surface area contributed by atoms with Crippen LogP contribution in [0.25, 0.3) is 0 Å². The first kappa shape index (κ1) is 13.8. The van der Waals surface area contributed by atoms with Gasteiger partial charge in [-0.2, -0.15) is 12.6 Å². The quantitative estimate of drug-likeness (QED) is 0.733. The number of nitrogens with one attached hydrogen (secondary N) is 1. The summed E-state index contributed by atoms with van der Waals surface area (Å²) in [4.78, 5) is 11.3. The van der Waals surface area contributed by atoms with Gasteiger partial charge in [0, 0.05) is 13.0 Å². The molecule has 1 N–H and O–H groups in total. The molecule has 6 heteroatoms. The topological polar surface area (TPSA) is 63.2 Å². The molecule has 0 aromatic rings. The molecule has 1 aliphatic heterocycles. The minimum Gasteiger partial charge on any atom is -0.356 e. The fourth-order valence-electron chi connectivity index (χ4n) is 1.71. The molecule has 0 aromatic heterocycles. The van der Waals surface area contributed by atoms with Gasteiger partial charge in [-0.1, -0.05) is 6.92 Å². The van der Waals surface area contributed by atoms with Crippen LogP contribution >= 0.6 is 12.6 Å². The summed E-state index contributed by atoms with van der Waals surface area (Å²) >= 11 is 3.98. The number of rotatable bonds is 4. The van der Waals surface area contributed by atoms with E-state index in [9.17, 15) is 13.2 Å². The summed E-state index contributed by atoms with van der Waals surface area (Å²) in [5.74, 6) is 1.01. The average Bonchev–Trinajstić information content (AvgIpc) is 2.21. The molecule has 0 bridgehead atoms. The van der Waals surface area contributed by atoms with Gasteiger partial charge in [-0.05, 0) is 24.0 Å². The Morgan fingerprint density at radius 2 is 1.94 bits per heavy atom. The Kier molecular flexibility index (Phi) is 4.67. The van der Waals surface area contributed by atoms with Gasteiger partial charge >= 0.3 is 0 Å². The van der Waals surface area contributed by atoms with Crippen LogP contribution in [0.15, 0.2) is 0 Å². The number of amides is 1. The average molecular weight is 265 g/mol. The van der Waals surface area contributed by atoms with Crippen molar-refractivity contribution in [1.82, 2.24) is 5.32 Å². The number of hydrogen-bond donors (Lipinski definition) is 2. The lowest BCUT2D eigenvalue weighted by atomic mass is 9.84. The molecule has 0 saturated carbocycles. The third kappa shape index (κ3) is 4.33. The number of thiol groups is 1. The molecule has 0 aliphatic carbocycles. The fraction of sp³-hybridized carbons (Fsp3) is 0.900. The molecule has 1 fully saturated rings. The van der Waals surface area contributed by atoms with E-state index >= 15 is 0 Å². The van der Waals surface area contributed by atoms with E-state index in [1.54, 1.807) is 0 Å². The van der Waals surface area contributed by atoms with Gasteiger partial charge in [0.1, 0.15) is 9.84 Å². The van der Waals surface area contributed by atoms with Gasteiger partial charge in [0.2, 0.25) is 5.91 Å². The van der Waals surface area contributed by atoms with Crippen LogP contribution in [0.3, 0.4) is 0 Å². The SMILES string of the molecule is CC1(CNC(=O)CCS)CCS(=O)(=O)CC1. The highest BCUT2D eigenvalue weighted by atomic mass is 32.2. The Bertz CT molecular complexity index is 337. The second-order valence-electron chi connectivity index (χ2n) is 4.71. The minimum atomic E-state index is -2.83. The number of carbonyl (C=O) groups excluding carboxylic acids is 1. The van der Waals surface area contributed by atoms with E-state index in [0.717, 1.165) is 0 Å². The molecule has 1 rings (SSSR count). The molecule has 16 heavy (non-hydrogen) atoms. The molecule has 0 radical (unpaired) electrons. The normalized spacial score (nSPS) is 22.6. The van der Waals surface area contributed by atoms with E-state index in [4.69, 9.17) is 0 Å². The highest BCUT2D eigenvalue weighted by Gasteiger charge is 2.33. The van der Waals surface area contributed by atoms with E-state index in [0.29, 0.717) is 31.6 Å². The number of sulfone groups is 1. The Morgan fingerprint density at radius 1 is 1.38 bits per heavy atom. The smallest absolute Gasteiger partial charge is 0.220 e. The van der Waals surface area contributed by atoms with Crippen molar-refractivity contribution in [1.29, 1.82) is 0 Å². The molecule has 94 valence electrons. The summed E-state index contributed by atoms with van der Waals surface area (Å²) in [5, 5.41) is 2.84. The number of hydrogen-bond acceptors (Lipinski definition) is 4. The molecule has 0 spiro atoms. The Morgan fingerprint density at radius 3 is 2.44 bits per heavy atom. The van der Waals surface area contributed by atoms with E-state index in [1.165, 1.54) is 0 Å². The van der Waals surface area contributed by atoms with Gasteiger partial charge in [0.05, 0.1) is 11.5 Å². The highest BCUT2D eigenvalue weighted by molar-refractivity contribution is 7.91. The highest BCUT2D eigenvalue weighted by Crippen LogP contribution is 2.31. The fourth-order valence-corrected chi connectivity index (χ4v) is 3.72. The lowest BCUT2D eigenvalue weighted by molar-refractivity contribution is -0.121. The Hall–Kier alpha value is -0.230. The number of carbonyl (C=O) groups is 1. The zero-order valence-corrected chi connectivity index (χ0v) is 11.2. The van der Waals surface area contributed by atoms with Crippen molar-refractivity contribution in [3.63, 3.8) is 0 Å². The van der Waals surface area contributed by atoms with Crippen molar-refractivity contribution in [3.05, 3.63) is 0 Å². The Balaban J connectivity index is 2.40. The maximum absolute atomic E-state index is 11.3. The van der Waals surface area contributed by atoms with Crippen LogP contribution in [0.4, 0.5) is 0 Å². The predicted molar refractivity (Wildman–Crippen MR) is 67.5 cm³/mol. The molecular weight excluding hydrogens is 246 g/mol. The van der Waals surface area contributed by atoms with Crippen LogP contribution in [0, 0.1) is 5.41 Å². The molecule has 0 unspecified atom stereocenters. The molecule has 1 aliphatic rings. The van der Waals surface area contributed by atoms with Gasteiger partial charge in [-0.25, -0.2) is 8.42 Å². The van der Waals surface area contributed by atoms with E-state index in [1.807, 2.05) is 6.92 Å². The molecule has 0 aromatic carbocycles. The summed E-state index contributed by atoms with van der Waals surface area (Å²) in [5.41, 5.74) is -0.0718. The van der Waals surface area contributed by atoms with Gasteiger partial charge in [0.25, 0.3) is 0 Å². The van der Waals surface area contributed by atoms with Crippen molar-refractivity contribution in [3.8, 4) is 0 Å². The first-order chi connectivity index (χ1) is 7.37. The van der Waals surface area contributed by atoms with Crippen LogP contribution in [-0.4, -0.2) is 38.1 Å². The summed E-state index contributed by atoms with van der Waals surface area (Å²) in [7, 11) is -2.83. The zero-order chi connectivity index (χ0) is 12.2. The van der Waals surface area contributed by atoms with E-state index in [2.05, 4.69) is 17.9 Å². The van der Waals surface area contributed by atoms with E-state index < -0.39 is 9.84 Å². The first-order valence-electron chi connectivity index (χ1n) is 5.45. The summed E-state index contributed by atoms with van der Waals surface area (Å²) in [6, 6.07) is 0. The molecule has 0 atom stereocenters. The lowest BCUT2D eigenvalue weighted by Gasteiger charge is -2.33. The third-order valence-corrected chi connectivity index (χ3v) is 4.96. The second-order valence-corrected chi connectivity index (χ2v) is 7.46. The van der Waals surface area contributed by atoms with Crippen LogP contribution in [-0.2, 0) is 14.6 Å². The first-order valence-corrected chi connectivity index (χ1v) is 7.90. The van der Waals surface area contributed by atoms with Crippen molar-refractivity contribution < 1.29 is 13.2 Å². The molecule has 4 nitrogen and oxygen atoms in total. The standard InChI is InChI=1S/C10H19NO3S2/c1-10(8-11-9(12)2-5-15)3-6-16(13,14)7-4-10/h15H,2-8H2,1H3,(H,11,12). The summed E-state index contributed by atoms with van der Waals surface area (Å²) in [6.45, 7) is 2.60. The van der Waals surface area contributed by atoms with Crippen LogP contribution in [0.5, 0.6) is 0 Å². The van der Waals surface area contributed by atoms with Gasteiger partial charge in [-0.15, -0.1) is 0 Å². The maximum Gasteiger partial charge on any atom is 0.220 e. The molecular formula is C10H19NO3S2. The van der Waals surface area contributed by atoms with Gasteiger partial charge < -0.3 is 5.32 Å². The zero-order valence-electron chi connectivity index (χ0n) is 9.53. The van der Waals surface area contributed by atoms with Gasteiger partial charge in [0.15, 0.2) is 0 Å². The lowest BCUT2D eigenvalue weighted by Crippen LogP contribution is -2.41. The van der Waals surface area contributed by atoms with E-state index in [-0.39, 0.29) is 22.8 Å². The van der Waals surface area contributed by atoms with Crippen molar-refractivity contribution in [2.24, 2.45) is 5.41 Å². The van der Waals surface area contributed by atoms with Gasteiger partial charge in [-0.3, -0.25) is 4.79 Å². The third-order valence-electron chi connectivity index (χ3n) is 3.08. The summed E-state index contributed by atoms with van der Waals surface area (Å²) < 4.78 is 22.6. The molecule has 1 amide bonds. The predicted octanol–water partition coefficient (Wildman–Crippen LogP) is 0.637. The molecule has 1 saturated heterocycles. The largest absolute Gasteiger partial charge is 0.356 e. The molecule has 1 heterocycles. The Labute approximate surface area is 103 Å². The van der Waals surface area contributed by atoms with Crippen molar-refractivity contribution in [2.75, 3.05) is 23.8 Å². The minimum absolute atomic E-state index is 0.00958. The maximum atomic E-state index is 11.3. The van der Waals surface area contributed by atoms with Crippen LogP contribution in [0.2, 0.25) is 0 Å². The van der Waals surface area contributed by atoms with Crippen molar-refractivity contribution >= 4 is 28.4 Å². The van der Waals surface area contributed by atoms with Crippen LogP contribution < -0.4 is 5.32 Å². The van der Waals surface area contributed by atoms with Crippen LogP contribution in [0.1, 0.15) is 26.2 Å². The second kappa shape index (κ2) is 5.40. The summed E-state index contributed by atoms with van der Waals surface area (Å²) in [6.07, 6.45) is 1.68.